The van der Waals surface area contributed by atoms with Crippen LogP contribution in [0, 0.1) is 0 Å². The number of hydrogen-bond acceptors (Lipinski definition) is 6. The molecule has 10 heteroatoms. The van der Waals surface area contributed by atoms with Crippen LogP contribution in [0.25, 0.3) is 0 Å². The summed E-state index contributed by atoms with van der Waals surface area (Å²) in [4.78, 5) is 61.7. The molecule has 1 aliphatic rings. The number of esters is 1. The van der Waals surface area contributed by atoms with Gasteiger partial charge in [-0.3, -0.25) is 24.6 Å². The minimum absolute atomic E-state index is 0.0129. The Morgan fingerprint density at radius 1 is 1.18 bits per heavy atom. The molecule has 28 heavy (non-hydrogen) atoms. The van der Waals surface area contributed by atoms with Gasteiger partial charge < -0.3 is 15.0 Å². The first-order chi connectivity index (χ1) is 13.3. The van der Waals surface area contributed by atoms with Crippen LogP contribution < -0.4 is 10.6 Å². The summed E-state index contributed by atoms with van der Waals surface area (Å²) < 4.78 is 5.25. The molecule has 2 rings (SSSR count). The number of imide groups is 2. The summed E-state index contributed by atoms with van der Waals surface area (Å²) in [6, 6.07) is 7.13. The van der Waals surface area contributed by atoms with E-state index in [0.717, 1.165) is 4.90 Å². The average molecular weight is 390 g/mol. The number of benzene rings is 1. The van der Waals surface area contributed by atoms with Gasteiger partial charge in [0.15, 0.2) is 0 Å². The minimum atomic E-state index is -1.30. The van der Waals surface area contributed by atoms with Gasteiger partial charge in [0, 0.05) is 32.6 Å². The molecule has 150 valence electrons. The summed E-state index contributed by atoms with van der Waals surface area (Å²) in [5.41, 5.74) is 0.406. The highest BCUT2D eigenvalue weighted by atomic mass is 16.5. The van der Waals surface area contributed by atoms with Crippen molar-refractivity contribution in [2.45, 2.75) is 18.9 Å². The fourth-order valence-corrected chi connectivity index (χ4v) is 2.60. The molecule has 0 bridgehead atoms. The van der Waals surface area contributed by atoms with Gasteiger partial charge in [-0.25, -0.2) is 9.59 Å². The molecule has 1 aromatic carbocycles. The zero-order chi connectivity index (χ0) is 20.7. The first-order valence-corrected chi connectivity index (χ1v) is 8.66. The third-order valence-electron chi connectivity index (χ3n) is 4.05. The molecule has 1 fully saturated rings. The first kappa shape index (κ1) is 20.9. The lowest BCUT2D eigenvalue weighted by molar-refractivity contribution is -0.156. The summed E-state index contributed by atoms with van der Waals surface area (Å²) in [5.74, 6) is -1.80. The van der Waals surface area contributed by atoms with Crippen LogP contribution in [0.2, 0.25) is 0 Å². The van der Waals surface area contributed by atoms with Gasteiger partial charge >= 0.3 is 18.0 Å². The monoisotopic (exact) mass is 390 g/mol. The van der Waals surface area contributed by atoms with E-state index in [0.29, 0.717) is 5.56 Å². The second-order valence-corrected chi connectivity index (χ2v) is 6.14. The van der Waals surface area contributed by atoms with E-state index in [2.05, 4.69) is 10.6 Å². The average Bonchev–Trinajstić information content (AvgIpc) is 2.92. The summed E-state index contributed by atoms with van der Waals surface area (Å²) in [6.07, 6.45) is -1.20. The fraction of sp³-hybridized carbons (Fsp3) is 0.389. The molecule has 0 unspecified atom stereocenters. The highest BCUT2D eigenvalue weighted by molar-refractivity contribution is 6.01. The lowest BCUT2D eigenvalue weighted by Crippen LogP contribution is -2.41. The zero-order valence-electron chi connectivity index (χ0n) is 15.6. The Labute approximate surface area is 161 Å². The van der Waals surface area contributed by atoms with Crippen LogP contribution in [0.15, 0.2) is 30.3 Å². The van der Waals surface area contributed by atoms with Crippen molar-refractivity contribution in [1.82, 2.24) is 20.4 Å². The molecule has 1 saturated heterocycles. The molecular weight excluding hydrogens is 368 g/mol. The molecule has 0 saturated carbocycles. The van der Waals surface area contributed by atoms with Crippen LogP contribution in [0.3, 0.4) is 0 Å². The van der Waals surface area contributed by atoms with Gasteiger partial charge in [0.05, 0.1) is 0 Å². The van der Waals surface area contributed by atoms with Gasteiger partial charge in [-0.1, -0.05) is 30.3 Å². The Hall–Kier alpha value is -3.43. The van der Waals surface area contributed by atoms with Gasteiger partial charge in [-0.05, 0) is 6.42 Å². The molecule has 0 aromatic heterocycles. The van der Waals surface area contributed by atoms with Crippen LogP contribution in [0.5, 0.6) is 0 Å². The number of amides is 6. The lowest BCUT2D eigenvalue weighted by atomic mass is 10.1. The lowest BCUT2D eigenvalue weighted by Gasteiger charge is -2.18. The van der Waals surface area contributed by atoms with Gasteiger partial charge in [-0.15, -0.1) is 0 Å². The number of ether oxygens (including phenoxy) is 1. The largest absolute Gasteiger partial charge is 0.447 e. The Kier molecular flexibility index (Phi) is 7.08. The number of carbonyl (C=O) groups excluding carboxylic acids is 5. The molecule has 0 aliphatic carbocycles. The van der Waals surface area contributed by atoms with Crippen molar-refractivity contribution in [3.8, 4) is 0 Å². The molecule has 0 spiro atoms. The second kappa shape index (κ2) is 9.49. The molecule has 1 atom stereocenters. The number of hydrogen-bond donors (Lipinski definition) is 2. The van der Waals surface area contributed by atoms with Crippen LogP contribution in [-0.4, -0.2) is 66.8 Å². The first-order valence-electron chi connectivity index (χ1n) is 8.66. The van der Waals surface area contributed by atoms with Crippen LogP contribution >= 0.6 is 0 Å². The van der Waals surface area contributed by atoms with Crippen LogP contribution in [0.4, 0.5) is 9.59 Å². The third-order valence-corrected chi connectivity index (χ3v) is 4.05. The van der Waals surface area contributed by atoms with E-state index in [9.17, 15) is 24.0 Å². The van der Waals surface area contributed by atoms with E-state index in [-0.39, 0.29) is 31.8 Å². The van der Waals surface area contributed by atoms with E-state index in [1.165, 1.54) is 19.0 Å². The molecule has 2 N–H and O–H groups in total. The van der Waals surface area contributed by atoms with Crippen molar-refractivity contribution >= 4 is 29.8 Å². The molecule has 1 aliphatic heterocycles. The van der Waals surface area contributed by atoms with E-state index in [4.69, 9.17) is 4.74 Å². The Balaban J connectivity index is 1.94. The number of nitrogens with zero attached hydrogens (tertiary/aromatic N) is 2. The Morgan fingerprint density at radius 3 is 2.43 bits per heavy atom. The Morgan fingerprint density at radius 2 is 1.86 bits per heavy atom. The maximum Gasteiger partial charge on any atom is 0.326 e. The van der Waals surface area contributed by atoms with Crippen molar-refractivity contribution in [2.75, 3.05) is 27.2 Å². The highest BCUT2D eigenvalue weighted by Gasteiger charge is 2.33. The number of rotatable bonds is 7. The predicted molar refractivity (Wildman–Crippen MR) is 96.8 cm³/mol. The predicted octanol–water partition coefficient (Wildman–Crippen LogP) is 0.401. The molecule has 6 amide bonds. The minimum Gasteiger partial charge on any atom is -0.447 e. The maximum absolute atomic E-state index is 12.3. The zero-order valence-corrected chi connectivity index (χ0v) is 15.6. The molecule has 1 aromatic rings. The van der Waals surface area contributed by atoms with Gasteiger partial charge in [0.2, 0.25) is 12.0 Å². The van der Waals surface area contributed by atoms with Gasteiger partial charge in [0.25, 0.3) is 5.91 Å². The number of carbonyl (C=O) groups is 5. The molecular formula is C18H22N4O6. The third kappa shape index (κ3) is 5.29. The SMILES string of the molecule is CNC(=O)NC(=O)[C@@H](OC(=O)CCCN1C(=O)CN(C)C1=O)c1ccccc1. The summed E-state index contributed by atoms with van der Waals surface area (Å²) >= 11 is 0. The van der Waals surface area contributed by atoms with Gasteiger partial charge in [-0.2, -0.15) is 0 Å². The molecule has 1 heterocycles. The summed E-state index contributed by atoms with van der Waals surface area (Å²) in [7, 11) is 2.87. The summed E-state index contributed by atoms with van der Waals surface area (Å²) in [6.45, 7) is 0.0938. The number of urea groups is 2. The maximum atomic E-state index is 12.3. The van der Waals surface area contributed by atoms with E-state index in [1.54, 1.807) is 30.3 Å². The van der Waals surface area contributed by atoms with Gasteiger partial charge in [0.1, 0.15) is 6.54 Å². The summed E-state index contributed by atoms with van der Waals surface area (Å²) in [5, 5.41) is 4.33. The number of likely N-dealkylation sites (N-methyl/N-ethyl adjacent to an activating group) is 1. The van der Waals surface area contributed by atoms with Crippen LogP contribution in [-0.2, 0) is 19.1 Å². The Bertz CT molecular complexity index is 767. The smallest absolute Gasteiger partial charge is 0.326 e. The van der Waals surface area contributed by atoms with Crippen molar-refractivity contribution in [2.24, 2.45) is 0 Å². The van der Waals surface area contributed by atoms with Crippen LogP contribution in [0.1, 0.15) is 24.5 Å². The molecule has 10 nitrogen and oxygen atoms in total. The number of nitrogens with one attached hydrogen (secondary N) is 2. The standard InChI is InChI=1S/C18H22N4O6/c1-19-17(26)20-16(25)15(12-7-4-3-5-8-12)28-14(24)9-6-10-22-13(23)11-21(2)18(22)27/h3-5,7-8,15H,6,9-11H2,1-2H3,(H2,19,20,25,26)/t15-/m0/s1. The van der Waals surface area contributed by atoms with Crippen molar-refractivity contribution < 1.29 is 28.7 Å². The van der Waals surface area contributed by atoms with Crippen molar-refractivity contribution in [3.63, 3.8) is 0 Å². The highest BCUT2D eigenvalue weighted by Crippen LogP contribution is 2.19. The van der Waals surface area contributed by atoms with Crippen molar-refractivity contribution in [1.29, 1.82) is 0 Å². The topological polar surface area (TPSA) is 125 Å². The van der Waals surface area contributed by atoms with E-state index in [1.807, 2.05) is 0 Å². The molecule has 0 radical (unpaired) electrons. The van der Waals surface area contributed by atoms with E-state index >= 15 is 0 Å². The van der Waals surface area contributed by atoms with Crippen molar-refractivity contribution in [3.05, 3.63) is 35.9 Å². The fourth-order valence-electron chi connectivity index (χ4n) is 2.60. The van der Waals surface area contributed by atoms with E-state index < -0.39 is 30.0 Å². The quantitative estimate of drug-likeness (QED) is 0.513. The second-order valence-electron chi connectivity index (χ2n) is 6.14. The normalized spacial score (nSPS) is 14.6.